The van der Waals surface area contributed by atoms with Crippen LogP contribution in [0, 0.1) is 5.92 Å². The zero-order valence-electron chi connectivity index (χ0n) is 13.2. The van der Waals surface area contributed by atoms with Gasteiger partial charge in [-0.3, -0.25) is 4.79 Å². The van der Waals surface area contributed by atoms with Crippen LogP contribution >= 0.6 is 0 Å². The maximum Gasteiger partial charge on any atom is 0.249 e. The molecule has 2 rings (SSSR count). The molecule has 2 heterocycles. The number of amides is 1. The summed E-state index contributed by atoms with van der Waals surface area (Å²) in [5.41, 5.74) is 0.899. The summed E-state index contributed by atoms with van der Waals surface area (Å²) in [6.07, 6.45) is 4.75. The van der Waals surface area contributed by atoms with Gasteiger partial charge in [0.2, 0.25) is 5.91 Å². The molecule has 0 aliphatic carbocycles. The Labute approximate surface area is 130 Å². The van der Waals surface area contributed by atoms with Gasteiger partial charge in [-0.15, -0.1) is 0 Å². The van der Waals surface area contributed by atoms with Crippen LogP contribution in [0.5, 0.6) is 0 Å². The van der Waals surface area contributed by atoms with Gasteiger partial charge in [-0.25, -0.2) is 9.67 Å². The second-order valence-electron chi connectivity index (χ2n) is 5.52. The highest BCUT2D eigenvalue weighted by Crippen LogP contribution is 2.10. The SMILES string of the molecule is CC(C)CO[C@@H](C)C(=O)NCc1cccnc1-n1cccn1. The zero-order valence-corrected chi connectivity index (χ0v) is 13.2. The second-order valence-corrected chi connectivity index (χ2v) is 5.52. The maximum absolute atomic E-state index is 12.0. The molecule has 0 saturated heterocycles. The number of hydrogen-bond donors (Lipinski definition) is 1. The number of ether oxygens (including phenoxy) is 1. The summed E-state index contributed by atoms with van der Waals surface area (Å²) in [7, 11) is 0. The standard InChI is InChI=1S/C16H22N4O2/c1-12(2)11-22-13(3)16(21)18-10-14-6-4-7-17-15(14)20-9-5-8-19-20/h4-9,12-13H,10-11H2,1-3H3,(H,18,21)/t13-/m0/s1. The van der Waals surface area contributed by atoms with Gasteiger partial charge in [0.15, 0.2) is 5.82 Å². The predicted molar refractivity (Wildman–Crippen MR) is 83.5 cm³/mol. The van der Waals surface area contributed by atoms with E-state index in [-0.39, 0.29) is 5.91 Å². The number of nitrogens with zero attached hydrogens (tertiary/aromatic N) is 3. The molecule has 1 N–H and O–H groups in total. The molecule has 0 saturated carbocycles. The number of aromatic nitrogens is 3. The van der Waals surface area contributed by atoms with E-state index in [1.54, 1.807) is 24.0 Å². The van der Waals surface area contributed by atoms with E-state index in [1.807, 2.05) is 24.4 Å². The van der Waals surface area contributed by atoms with Crippen molar-refractivity contribution in [3.8, 4) is 5.82 Å². The van der Waals surface area contributed by atoms with E-state index in [0.29, 0.717) is 24.9 Å². The van der Waals surface area contributed by atoms with Gasteiger partial charge in [0.1, 0.15) is 6.10 Å². The van der Waals surface area contributed by atoms with Crippen molar-refractivity contribution in [1.29, 1.82) is 0 Å². The summed E-state index contributed by atoms with van der Waals surface area (Å²) < 4.78 is 7.19. The molecule has 22 heavy (non-hydrogen) atoms. The average Bonchev–Trinajstić information content (AvgIpc) is 3.04. The molecule has 0 spiro atoms. The Morgan fingerprint density at radius 1 is 1.32 bits per heavy atom. The van der Waals surface area contributed by atoms with Gasteiger partial charge in [-0.2, -0.15) is 5.10 Å². The summed E-state index contributed by atoms with van der Waals surface area (Å²) in [5.74, 6) is 0.986. The number of carbonyl (C=O) groups is 1. The van der Waals surface area contributed by atoms with Crippen LogP contribution in [0.2, 0.25) is 0 Å². The molecule has 0 radical (unpaired) electrons. The smallest absolute Gasteiger partial charge is 0.249 e. The van der Waals surface area contributed by atoms with Crippen molar-refractivity contribution in [2.75, 3.05) is 6.61 Å². The van der Waals surface area contributed by atoms with Crippen LogP contribution in [-0.4, -0.2) is 33.4 Å². The molecule has 0 aliphatic heterocycles. The Morgan fingerprint density at radius 3 is 2.82 bits per heavy atom. The summed E-state index contributed by atoms with van der Waals surface area (Å²) in [4.78, 5) is 16.4. The molecule has 0 aliphatic rings. The quantitative estimate of drug-likeness (QED) is 0.848. The Hall–Kier alpha value is -2.21. The van der Waals surface area contributed by atoms with E-state index in [9.17, 15) is 4.79 Å². The van der Waals surface area contributed by atoms with Crippen LogP contribution in [0.3, 0.4) is 0 Å². The van der Waals surface area contributed by atoms with E-state index < -0.39 is 6.10 Å². The summed E-state index contributed by atoms with van der Waals surface area (Å²) in [5, 5.41) is 7.05. The van der Waals surface area contributed by atoms with E-state index in [4.69, 9.17) is 4.74 Å². The minimum absolute atomic E-state index is 0.129. The second kappa shape index (κ2) is 7.70. The number of rotatable bonds is 7. The van der Waals surface area contributed by atoms with E-state index in [0.717, 1.165) is 5.56 Å². The molecule has 0 unspecified atom stereocenters. The first-order valence-electron chi connectivity index (χ1n) is 7.41. The fourth-order valence-corrected chi connectivity index (χ4v) is 1.91. The molecule has 1 amide bonds. The van der Waals surface area contributed by atoms with Crippen LogP contribution in [0.25, 0.3) is 5.82 Å². The van der Waals surface area contributed by atoms with Crippen LogP contribution in [-0.2, 0) is 16.1 Å². The first-order chi connectivity index (χ1) is 10.6. The molecular formula is C16H22N4O2. The highest BCUT2D eigenvalue weighted by molar-refractivity contribution is 5.80. The molecule has 2 aromatic heterocycles. The van der Waals surface area contributed by atoms with Crippen molar-refractivity contribution in [3.05, 3.63) is 42.4 Å². The summed E-state index contributed by atoms with van der Waals surface area (Å²) >= 11 is 0. The zero-order chi connectivity index (χ0) is 15.9. The Balaban J connectivity index is 1.96. The lowest BCUT2D eigenvalue weighted by Gasteiger charge is -2.15. The van der Waals surface area contributed by atoms with E-state index >= 15 is 0 Å². The minimum atomic E-state index is -0.466. The summed E-state index contributed by atoms with van der Waals surface area (Å²) in [6.45, 7) is 6.82. The lowest BCUT2D eigenvalue weighted by Crippen LogP contribution is -2.35. The third-order valence-corrected chi connectivity index (χ3v) is 3.09. The fraction of sp³-hybridized carbons (Fsp3) is 0.438. The van der Waals surface area contributed by atoms with Crippen LogP contribution in [0.1, 0.15) is 26.3 Å². The Morgan fingerprint density at radius 2 is 2.14 bits per heavy atom. The highest BCUT2D eigenvalue weighted by Gasteiger charge is 2.14. The molecule has 6 nitrogen and oxygen atoms in total. The van der Waals surface area contributed by atoms with Gasteiger partial charge in [0.25, 0.3) is 0 Å². The first kappa shape index (κ1) is 16.2. The van der Waals surface area contributed by atoms with Gasteiger partial charge < -0.3 is 10.1 Å². The predicted octanol–water partition coefficient (Wildman–Crippen LogP) is 1.94. The molecule has 2 aromatic rings. The number of carbonyl (C=O) groups excluding carboxylic acids is 1. The third kappa shape index (κ3) is 4.39. The maximum atomic E-state index is 12.0. The molecular weight excluding hydrogens is 280 g/mol. The monoisotopic (exact) mass is 302 g/mol. The number of hydrogen-bond acceptors (Lipinski definition) is 4. The lowest BCUT2D eigenvalue weighted by molar-refractivity contribution is -0.132. The molecule has 6 heteroatoms. The highest BCUT2D eigenvalue weighted by atomic mass is 16.5. The van der Waals surface area contributed by atoms with E-state index in [1.165, 1.54) is 0 Å². The van der Waals surface area contributed by atoms with Gasteiger partial charge in [-0.05, 0) is 25.0 Å². The van der Waals surface area contributed by atoms with Crippen LogP contribution in [0.15, 0.2) is 36.8 Å². The first-order valence-corrected chi connectivity index (χ1v) is 7.41. The normalized spacial score (nSPS) is 12.4. The van der Waals surface area contributed by atoms with Gasteiger partial charge in [-0.1, -0.05) is 19.9 Å². The van der Waals surface area contributed by atoms with Gasteiger partial charge in [0.05, 0.1) is 0 Å². The Bertz CT molecular complexity index is 596. The van der Waals surface area contributed by atoms with Crippen LogP contribution in [0.4, 0.5) is 0 Å². The van der Waals surface area contributed by atoms with Crippen molar-refractivity contribution >= 4 is 5.91 Å². The lowest BCUT2D eigenvalue weighted by atomic mass is 10.2. The summed E-state index contributed by atoms with van der Waals surface area (Å²) in [6, 6.07) is 5.59. The van der Waals surface area contributed by atoms with Crippen molar-refractivity contribution in [2.45, 2.75) is 33.4 Å². The number of pyridine rings is 1. The Kier molecular flexibility index (Phi) is 5.66. The van der Waals surface area contributed by atoms with Crippen molar-refractivity contribution in [2.24, 2.45) is 5.92 Å². The van der Waals surface area contributed by atoms with Gasteiger partial charge in [0, 0.05) is 37.3 Å². The van der Waals surface area contributed by atoms with Crippen molar-refractivity contribution < 1.29 is 9.53 Å². The largest absolute Gasteiger partial charge is 0.368 e. The topological polar surface area (TPSA) is 69.0 Å². The van der Waals surface area contributed by atoms with Crippen molar-refractivity contribution in [1.82, 2.24) is 20.1 Å². The molecule has 0 aromatic carbocycles. The van der Waals surface area contributed by atoms with Crippen LogP contribution < -0.4 is 5.32 Å². The minimum Gasteiger partial charge on any atom is -0.368 e. The van der Waals surface area contributed by atoms with Crippen molar-refractivity contribution in [3.63, 3.8) is 0 Å². The average molecular weight is 302 g/mol. The number of nitrogens with one attached hydrogen (secondary N) is 1. The third-order valence-electron chi connectivity index (χ3n) is 3.09. The molecule has 1 atom stereocenters. The fourth-order valence-electron chi connectivity index (χ4n) is 1.91. The molecule has 118 valence electrons. The van der Waals surface area contributed by atoms with E-state index in [2.05, 4.69) is 29.2 Å². The molecule has 0 bridgehead atoms. The van der Waals surface area contributed by atoms with Gasteiger partial charge >= 0.3 is 0 Å². The molecule has 0 fully saturated rings.